The number of aromatic nitrogens is 2. The van der Waals surface area contributed by atoms with Crippen molar-refractivity contribution in [3.63, 3.8) is 0 Å². The van der Waals surface area contributed by atoms with Gasteiger partial charge in [0.15, 0.2) is 5.82 Å². The van der Waals surface area contributed by atoms with Gasteiger partial charge in [0.05, 0.1) is 6.42 Å². The van der Waals surface area contributed by atoms with E-state index < -0.39 is 0 Å². The van der Waals surface area contributed by atoms with Crippen LogP contribution in [0.4, 0.5) is 0 Å². The van der Waals surface area contributed by atoms with Crippen LogP contribution in [0.1, 0.15) is 48.2 Å². The Hall–Kier alpha value is -1.69. The van der Waals surface area contributed by atoms with Gasteiger partial charge in [-0.3, -0.25) is 4.79 Å². The molecule has 1 aliphatic heterocycles. The summed E-state index contributed by atoms with van der Waals surface area (Å²) in [6.07, 6.45) is 5.88. The number of rotatable bonds is 5. The lowest BCUT2D eigenvalue weighted by Gasteiger charge is -2.32. The van der Waals surface area contributed by atoms with E-state index in [4.69, 9.17) is 4.52 Å². The second-order valence-corrected chi connectivity index (χ2v) is 7.66. The largest absolute Gasteiger partial charge is 0.342 e. The Kier molecular flexibility index (Phi) is 4.16. The zero-order valence-electron chi connectivity index (χ0n) is 13.1. The van der Waals surface area contributed by atoms with Gasteiger partial charge in [-0.05, 0) is 43.0 Å². The molecule has 6 heteroatoms. The van der Waals surface area contributed by atoms with Gasteiger partial charge in [0.2, 0.25) is 11.8 Å². The maximum Gasteiger partial charge on any atom is 0.227 e. The van der Waals surface area contributed by atoms with Gasteiger partial charge in [0, 0.05) is 30.3 Å². The Bertz CT molecular complexity index is 663. The molecule has 2 aliphatic rings. The maximum absolute atomic E-state index is 12.4. The highest BCUT2D eigenvalue weighted by molar-refractivity contribution is 7.10. The van der Waals surface area contributed by atoms with Gasteiger partial charge in [-0.25, -0.2) is 0 Å². The first kappa shape index (κ1) is 14.9. The summed E-state index contributed by atoms with van der Waals surface area (Å²) in [5.74, 6) is 2.82. The van der Waals surface area contributed by atoms with E-state index in [2.05, 4.69) is 10.1 Å². The highest BCUT2D eigenvalue weighted by Crippen LogP contribution is 2.38. The van der Waals surface area contributed by atoms with Crippen LogP contribution in [0.5, 0.6) is 0 Å². The molecule has 0 N–H and O–H groups in total. The summed E-state index contributed by atoms with van der Waals surface area (Å²) in [4.78, 5) is 20.1. The Labute approximate surface area is 139 Å². The molecule has 3 heterocycles. The molecule has 0 radical (unpaired) electrons. The van der Waals surface area contributed by atoms with Crippen LogP contribution >= 0.6 is 11.3 Å². The van der Waals surface area contributed by atoms with Crippen molar-refractivity contribution in [2.75, 3.05) is 13.1 Å². The van der Waals surface area contributed by atoms with Crippen LogP contribution in [0.25, 0.3) is 0 Å². The standard InChI is InChI=1S/C17H21N3O2S/c21-16(10-14-4-2-8-23-14)20-7-1-3-12(11-20)9-15-18-17(19-22-15)13-5-6-13/h2,4,8,12-13H,1,3,5-7,9-11H2/t12-/m0/s1. The summed E-state index contributed by atoms with van der Waals surface area (Å²) in [7, 11) is 0. The first-order chi connectivity index (χ1) is 11.3. The van der Waals surface area contributed by atoms with Gasteiger partial charge in [0.25, 0.3) is 0 Å². The fraction of sp³-hybridized carbons (Fsp3) is 0.588. The monoisotopic (exact) mass is 331 g/mol. The van der Waals surface area contributed by atoms with Gasteiger partial charge in [-0.2, -0.15) is 4.98 Å². The second-order valence-electron chi connectivity index (χ2n) is 6.63. The summed E-state index contributed by atoms with van der Waals surface area (Å²) in [6, 6.07) is 4.03. The molecule has 23 heavy (non-hydrogen) atoms. The SMILES string of the molecule is O=C(Cc1cccs1)N1CCC[C@@H](Cc2nc(C3CC3)no2)C1. The highest BCUT2D eigenvalue weighted by Gasteiger charge is 2.30. The van der Waals surface area contributed by atoms with Crippen molar-refractivity contribution < 1.29 is 9.32 Å². The van der Waals surface area contributed by atoms with Crippen molar-refractivity contribution in [1.29, 1.82) is 0 Å². The van der Waals surface area contributed by atoms with E-state index in [1.165, 1.54) is 12.8 Å². The first-order valence-corrected chi connectivity index (χ1v) is 9.28. The molecule has 2 fully saturated rings. The zero-order chi connectivity index (χ0) is 15.6. The molecule has 2 aromatic rings. The van der Waals surface area contributed by atoms with E-state index in [-0.39, 0.29) is 5.91 Å². The molecule has 0 spiro atoms. The molecule has 0 unspecified atom stereocenters. The maximum atomic E-state index is 12.4. The van der Waals surface area contributed by atoms with Crippen molar-refractivity contribution in [3.05, 3.63) is 34.1 Å². The molecule has 1 saturated heterocycles. The Morgan fingerprint density at radius 3 is 3.09 bits per heavy atom. The highest BCUT2D eigenvalue weighted by atomic mass is 32.1. The molecule has 0 bridgehead atoms. The van der Waals surface area contributed by atoms with E-state index in [0.717, 1.165) is 48.9 Å². The fourth-order valence-corrected chi connectivity index (χ4v) is 3.93. The molecule has 1 aliphatic carbocycles. The Morgan fingerprint density at radius 2 is 2.30 bits per heavy atom. The van der Waals surface area contributed by atoms with Gasteiger partial charge < -0.3 is 9.42 Å². The van der Waals surface area contributed by atoms with Crippen LogP contribution in [0.15, 0.2) is 22.0 Å². The predicted molar refractivity (Wildman–Crippen MR) is 87.3 cm³/mol. The molecule has 2 aromatic heterocycles. The number of piperidine rings is 1. The molecule has 1 atom stereocenters. The van der Waals surface area contributed by atoms with Crippen molar-refractivity contribution in [2.45, 2.75) is 44.4 Å². The molecular formula is C17H21N3O2S. The molecule has 4 rings (SSSR count). The van der Waals surface area contributed by atoms with E-state index in [9.17, 15) is 4.79 Å². The lowest BCUT2D eigenvalue weighted by molar-refractivity contribution is -0.132. The molecule has 122 valence electrons. The number of nitrogens with zero attached hydrogens (tertiary/aromatic N) is 3. The number of hydrogen-bond acceptors (Lipinski definition) is 5. The zero-order valence-corrected chi connectivity index (χ0v) is 13.9. The van der Waals surface area contributed by atoms with E-state index in [1.807, 2.05) is 22.4 Å². The summed E-state index contributed by atoms with van der Waals surface area (Å²) < 4.78 is 5.39. The topological polar surface area (TPSA) is 59.2 Å². The quantitative estimate of drug-likeness (QED) is 0.845. The van der Waals surface area contributed by atoms with E-state index in [1.54, 1.807) is 11.3 Å². The minimum absolute atomic E-state index is 0.237. The average molecular weight is 331 g/mol. The molecule has 0 aromatic carbocycles. The minimum Gasteiger partial charge on any atom is -0.342 e. The molecular weight excluding hydrogens is 310 g/mol. The molecule has 1 saturated carbocycles. The van der Waals surface area contributed by atoms with Crippen LogP contribution in [0, 0.1) is 5.92 Å². The van der Waals surface area contributed by atoms with Gasteiger partial charge in [0.1, 0.15) is 0 Å². The summed E-state index contributed by atoms with van der Waals surface area (Å²) in [6.45, 7) is 1.68. The number of likely N-dealkylation sites (tertiary alicyclic amines) is 1. The third kappa shape index (κ3) is 3.63. The number of carbonyl (C=O) groups is 1. The smallest absolute Gasteiger partial charge is 0.227 e. The number of amides is 1. The van der Waals surface area contributed by atoms with E-state index >= 15 is 0 Å². The van der Waals surface area contributed by atoms with Crippen LogP contribution in [-0.4, -0.2) is 34.0 Å². The van der Waals surface area contributed by atoms with Crippen LogP contribution in [0.3, 0.4) is 0 Å². The third-order valence-corrected chi connectivity index (χ3v) is 5.54. The summed E-state index contributed by atoms with van der Waals surface area (Å²) in [5, 5.41) is 6.10. The fourth-order valence-electron chi connectivity index (χ4n) is 3.24. The van der Waals surface area contributed by atoms with Crippen LogP contribution in [0.2, 0.25) is 0 Å². The number of thiophene rings is 1. The van der Waals surface area contributed by atoms with Crippen LogP contribution < -0.4 is 0 Å². The van der Waals surface area contributed by atoms with Crippen molar-refractivity contribution in [1.82, 2.24) is 15.0 Å². The Balaban J connectivity index is 1.33. The van der Waals surface area contributed by atoms with Crippen molar-refractivity contribution >= 4 is 17.2 Å². The van der Waals surface area contributed by atoms with Gasteiger partial charge >= 0.3 is 0 Å². The van der Waals surface area contributed by atoms with Gasteiger partial charge in [-0.1, -0.05) is 11.2 Å². The Morgan fingerprint density at radius 1 is 1.39 bits per heavy atom. The van der Waals surface area contributed by atoms with E-state index in [0.29, 0.717) is 18.3 Å². The van der Waals surface area contributed by atoms with Crippen molar-refractivity contribution in [2.24, 2.45) is 5.92 Å². The lowest BCUT2D eigenvalue weighted by atomic mass is 9.94. The first-order valence-electron chi connectivity index (χ1n) is 8.40. The summed E-state index contributed by atoms with van der Waals surface area (Å²) >= 11 is 1.65. The lowest BCUT2D eigenvalue weighted by Crippen LogP contribution is -2.41. The minimum atomic E-state index is 0.237. The predicted octanol–water partition coefficient (Wildman–Crippen LogP) is 3.03. The van der Waals surface area contributed by atoms with Crippen molar-refractivity contribution in [3.8, 4) is 0 Å². The number of carbonyl (C=O) groups excluding carboxylic acids is 1. The summed E-state index contributed by atoms with van der Waals surface area (Å²) in [5.41, 5.74) is 0. The molecule has 1 amide bonds. The second kappa shape index (κ2) is 6.43. The average Bonchev–Trinajstić information content (AvgIpc) is 3.09. The van der Waals surface area contributed by atoms with Gasteiger partial charge in [-0.15, -0.1) is 11.3 Å². The van der Waals surface area contributed by atoms with Crippen LogP contribution in [-0.2, 0) is 17.6 Å². The molecule has 5 nitrogen and oxygen atoms in total. The third-order valence-electron chi connectivity index (χ3n) is 4.67. The number of hydrogen-bond donors (Lipinski definition) is 0. The normalized spacial score (nSPS) is 21.6.